The second-order valence-corrected chi connectivity index (χ2v) is 5.17. The minimum Gasteiger partial charge on any atom is -0.314 e. The monoisotopic (exact) mass is 232 g/mol. The van der Waals surface area contributed by atoms with Crippen LogP contribution in [0.5, 0.6) is 0 Å². The summed E-state index contributed by atoms with van der Waals surface area (Å²) in [6.45, 7) is 11.2. The van der Waals surface area contributed by atoms with Gasteiger partial charge in [0.05, 0.1) is 0 Å². The lowest BCUT2D eigenvalue weighted by molar-refractivity contribution is 0.149. The molecule has 0 aliphatic carbocycles. The van der Waals surface area contributed by atoms with Crippen LogP contribution in [0.15, 0.2) is 18.2 Å². The third-order valence-corrected chi connectivity index (χ3v) is 3.82. The van der Waals surface area contributed by atoms with Gasteiger partial charge in [0.15, 0.2) is 0 Å². The number of nitrogens with zero attached hydrogens (tertiary/aromatic N) is 1. The number of piperazine rings is 1. The Kier molecular flexibility index (Phi) is 4.19. The Morgan fingerprint density at radius 1 is 1.35 bits per heavy atom. The molecule has 1 unspecified atom stereocenters. The first-order chi connectivity index (χ1) is 8.20. The van der Waals surface area contributed by atoms with Gasteiger partial charge in [0, 0.05) is 32.2 Å². The number of hydrogen-bond donors (Lipinski definition) is 1. The lowest BCUT2D eigenvalue weighted by atomic mass is 10.0. The van der Waals surface area contributed by atoms with Gasteiger partial charge in [-0.25, -0.2) is 0 Å². The highest BCUT2D eigenvalue weighted by atomic mass is 15.2. The maximum absolute atomic E-state index is 3.49. The highest BCUT2D eigenvalue weighted by molar-refractivity contribution is 5.30. The summed E-state index contributed by atoms with van der Waals surface area (Å²) in [5.74, 6) is 0. The van der Waals surface area contributed by atoms with Crippen LogP contribution in [0.2, 0.25) is 0 Å². The molecular weight excluding hydrogens is 208 g/mol. The smallest absolute Gasteiger partial charge is 0.0240 e. The molecule has 1 aromatic rings. The Morgan fingerprint density at radius 2 is 2.18 bits per heavy atom. The van der Waals surface area contributed by atoms with Crippen molar-refractivity contribution in [3.05, 3.63) is 34.9 Å². The third kappa shape index (κ3) is 3.08. The van der Waals surface area contributed by atoms with Crippen LogP contribution in [0.1, 0.15) is 30.0 Å². The largest absolute Gasteiger partial charge is 0.314 e. The van der Waals surface area contributed by atoms with E-state index in [-0.39, 0.29) is 0 Å². The molecule has 0 amide bonds. The van der Waals surface area contributed by atoms with Crippen molar-refractivity contribution in [1.82, 2.24) is 10.2 Å². The molecule has 94 valence electrons. The lowest BCUT2D eigenvalue weighted by Crippen LogP contribution is -2.50. The summed E-state index contributed by atoms with van der Waals surface area (Å²) in [6, 6.07) is 7.48. The van der Waals surface area contributed by atoms with Crippen molar-refractivity contribution < 1.29 is 0 Å². The van der Waals surface area contributed by atoms with E-state index < -0.39 is 0 Å². The van der Waals surface area contributed by atoms with Gasteiger partial charge in [-0.15, -0.1) is 0 Å². The Labute approximate surface area is 105 Å². The number of nitrogens with one attached hydrogen (secondary N) is 1. The molecule has 1 aliphatic rings. The molecule has 2 nitrogen and oxygen atoms in total. The average Bonchev–Trinajstić information content (AvgIpc) is 2.34. The van der Waals surface area contributed by atoms with Crippen LogP contribution in [0.4, 0.5) is 0 Å². The van der Waals surface area contributed by atoms with Gasteiger partial charge in [-0.2, -0.15) is 0 Å². The van der Waals surface area contributed by atoms with E-state index in [0.717, 1.165) is 19.6 Å². The second-order valence-electron chi connectivity index (χ2n) is 5.17. The summed E-state index contributed by atoms with van der Waals surface area (Å²) >= 11 is 0. The first kappa shape index (κ1) is 12.6. The van der Waals surface area contributed by atoms with Gasteiger partial charge in [-0.05, 0) is 31.4 Å². The fourth-order valence-corrected chi connectivity index (χ4v) is 2.60. The number of benzene rings is 1. The Hall–Kier alpha value is -0.860. The Morgan fingerprint density at radius 3 is 2.94 bits per heavy atom. The van der Waals surface area contributed by atoms with Crippen molar-refractivity contribution in [2.24, 2.45) is 0 Å². The van der Waals surface area contributed by atoms with Gasteiger partial charge in [0.2, 0.25) is 0 Å². The standard InChI is InChI=1S/C15H24N2/c1-4-15-10-16-7-8-17(15)11-14-9-12(2)5-6-13(14)3/h5-6,9,15-16H,4,7-8,10-11H2,1-3H3. The minimum absolute atomic E-state index is 0.698. The van der Waals surface area contributed by atoms with Gasteiger partial charge >= 0.3 is 0 Å². The normalized spacial score (nSPS) is 21.7. The first-order valence-corrected chi connectivity index (χ1v) is 6.71. The van der Waals surface area contributed by atoms with Crippen LogP contribution in [-0.4, -0.2) is 30.6 Å². The molecule has 1 heterocycles. The van der Waals surface area contributed by atoms with E-state index in [1.54, 1.807) is 0 Å². The molecule has 0 aromatic heterocycles. The molecule has 1 aliphatic heterocycles. The van der Waals surface area contributed by atoms with Crippen molar-refractivity contribution in [3.8, 4) is 0 Å². The van der Waals surface area contributed by atoms with Crippen LogP contribution in [0, 0.1) is 13.8 Å². The zero-order chi connectivity index (χ0) is 12.3. The summed E-state index contributed by atoms with van der Waals surface area (Å²) in [6.07, 6.45) is 1.23. The molecule has 17 heavy (non-hydrogen) atoms. The lowest BCUT2D eigenvalue weighted by Gasteiger charge is -2.36. The summed E-state index contributed by atoms with van der Waals surface area (Å²) in [5.41, 5.74) is 4.28. The van der Waals surface area contributed by atoms with Gasteiger partial charge in [-0.1, -0.05) is 30.7 Å². The van der Waals surface area contributed by atoms with E-state index in [4.69, 9.17) is 0 Å². The van der Waals surface area contributed by atoms with E-state index in [1.807, 2.05) is 0 Å². The molecule has 1 saturated heterocycles. The van der Waals surface area contributed by atoms with E-state index in [2.05, 4.69) is 49.2 Å². The molecule has 0 saturated carbocycles. The van der Waals surface area contributed by atoms with E-state index >= 15 is 0 Å². The molecule has 1 N–H and O–H groups in total. The van der Waals surface area contributed by atoms with Crippen molar-refractivity contribution in [3.63, 3.8) is 0 Å². The maximum atomic E-state index is 3.49. The van der Waals surface area contributed by atoms with Gasteiger partial charge in [0.25, 0.3) is 0 Å². The predicted octanol–water partition coefficient (Wildman–Crippen LogP) is 2.49. The molecule has 1 fully saturated rings. The molecule has 2 rings (SSSR count). The second kappa shape index (κ2) is 5.65. The highest BCUT2D eigenvalue weighted by Crippen LogP contribution is 2.16. The molecule has 0 radical (unpaired) electrons. The third-order valence-electron chi connectivity index (χ3n) is 3.82. The van der Waals surface area contributed by atoms with Crippen LogP contribution >= 0.6 is 0 Å². The van der Waals surface area contributed by atoms with E-state index in [0.29, 0.717) is 6.04 Å². The molecular formula is C15H24N2. The number of hydrogen-bond acceptors (Lipinski definition) is 2. The van der Waals surface area contributed by atoms with Gasteiger partial charge < -0.3 is 5.32 Å². The molecule has 0 spiro atoms. The van der Waals surface area contributed by atoms with Crippen LogP contribution < -0.4 is 5.32 Å². The Balaban J connectivity index is 2.10. The van der Waals surface area contributed by atoms with Crippen molar-refractivity contribution in [2.45, 2.75) is 39.8 Å². The summed E-state index contributed by atoms with van der Waals surface area (Å²) < 4.78 is 0. The molecule has 1 aromatic carbocycles. The quantitative estimate of drug-likeness (QED) is 0.861. The fraction of sp³-hybridized carbons (Fsp3) is 0.600. The molecule has 2 heteroatoms. The minimum atomic E-state index is 0.698. The fourth-order valence-electron chi connectivity index (χ4n) is 2.60. The zero-order valence-electron chi connectivity index (χ0n) is 11.3. The molecule has 0 bridgehead atoms. The van der Waals surface area contributed by atoms with Crippen molar-refractivity contribution >= 4 is 0 Å². The van der Waals surface area contributed by atoms with Crippen molar-refractivity contribution in [1.29, 1.82) is 0 Å². The highest BCUT2D eigenvalue weighted by Gasteiger charge is 2.20. The number of rotatable bonds is 3. The molecule has 1 atom stereocenters. The van der Waals surface area contributed by atoms with Crippen LogP contribution in [0.25, 0.3) is 0 Å². The summed E-state index contributed by atoms with van der Waals surface area (Å²) in [7, 11) is 0. The topological polar surface area (TPSA) is 15.3 Å². The van der Waals surface area contributed by atoms with Crippen LogP contribution in [-0.2, 0) is 6.54 Å². The number of aryl methyl sites for hydroxylation is 2. The van der Waals surface area contributed by atoms with Crippen LogP contribution in [0.3, 0.4) is 0 Å². The Bertz CT molecular complexity index is 373. The van der Waals surface area contributed by atoms with E-state index in [1.165, 1.54) is 29.7 Å². The van der Waals surface area contributed by atoms with Gasteiger partial charge in [-0.3, -0.25) is 4.90 Å². The SMILES string of the molecule is CCC1CNCCN1Cc1cc(C)ccc1C. The first-order valence-electron chi connectivity index (χ1n) is 6.71. The maximum Gasteiger partial charge on any atom is 0.0240 e. The zero-order valence-corrected chi connectivity index (χ0v) is 11.3. The summed E-state index contributed by atoms with van der Waals surface area (Å²) in [5, 5.41) is 3.49. The average molecular weight is 232 g/mol. The van der Waals surface area contributed by atoms with Crippen molar-refractivity contribution in [2.75, 3.05) is 19.6 Å². The predicted molar refractivity (Wildman–Crippen MR) is 73.3 cm³/mol. The summed E-state index contributed by atoms with van der Waals surface area (Å²) in [4.78, 5) is 2.62. The van der Waals surface area contributed by atoms with E-state index in [9.17, 15) is 0 Å². The van der Waals surface area contributed by atoms with Gasteiger partial charge in [0.1, 0.15) is 0 Å².